The summed E-state index contributed by atoms with van der Waals surface area (Å²) in [6, 6.07) is 0. The van der Waals surface area contributed by atoms with Gasteiger partial charge in [0.05, 0.1) is 6.33 Å². The maximum atomic E-state index is 11.5. The largest absolute Gasteiger partial charge is 0.391 e. The van der Waals surface area contributed by atoms with Crippen LogP contribution in [0.2, 0.25) is 0 Å². The van der Waals surface area contributed by atoms with Crippen molar-refractivity contribution in [3.8, 4) is 0 Å². The third-order valence-electron chi connectivity index (χ3n) is 3.71. The Morgan fingerprint density at radius 3 is 3.11 bits per heavy atom. The van der Waals surface area contributed by atoms with Gasteiger partial charge >= 0.3 is 0 Å². The van der Waals surface area contributed by atoms with E-state index in [1.807, 2.05) is 0 Å². The molecule has 1 aliphatic rings. The molecule has 0 spiro atoms. The first-order valence-corrected chi connectivity index (χ1v) is 6.80. The van der Waals surface area contributed by atoms with Crippen LogP contribution >= 0.6 is 0 Å². The molecular formula is C13H22N4O. The highest BCUT2D eigenvalue weighted by Gasteiger charge is 2.19. The molecule has 2 heterocycles. The van der Waals surface area contributed by atoms with Crippen LogP contribution in [0.1, 0.15) is 39.0 Å². The third-order valence-corrected chi connectivity index (χ3v) is 3.71. The molecule has 2 rings (SSSR count). The molecule has 0 aromatic carbocycles. The van der Waals surface area contributed by atoms with Crippen LogP contribution in [-0.4, -0.2) is 23.1 Å². The predicted molar refractivity (Wildman–Crippen MR) is 73.7 cm³/mol. The SMILES string of the molecule is CCCC1CCCN(c2nc[nH]c(=O)c2N)CC1. The fourth-order valence-corrected chi connectivity index (χ4v) is 2.73. The summed E-state index contributed by atoms with van der Waals surface area (Å²) in [4.78, 5) is 20.4. The maximum absolute atomic E-state index is 11.5. The molecule has 5 nitrogen and oxygen atoms in total. The van der Waals surface area contributed by atoms with Gasteiger partial charge in [0.1, 0.15) is 5.69 Å². The molecular weight excluding hydrogens is 228 g/mol. The molecule has 1 unspecified atom stereocenters. The van der Waals surface area contributed by atoms with Crippen molar-refractivity contribution < 1.29 is 0 Å². The summed E-state index contributed by atoms with van der Waals surface area (Å²) in [5, 5.41) is 0. The van der Waals surface area contributed by atoms with Crippen molar-refractivity contribution in [2.45, 2.75) is 39.0 Å². The molecule has 0 saturated carbocycles. The molecule has 0 aliphatic carbocycles. The highest BCUT2D eigenvalue weighted by molar-refractivity contribution is 5.60. The van der Waals surface area contributed by atoms with E-state index in [9.17, 15) is 4.79 Å². The van der Waals surface area contributed by atoms with Gasteiger partial charge in [0.25, 0.3) is 5.56 Å². The van der Waals surface area contributed by atoms with Crippen molar-refractivity contribution in [3.05, 3.63) is 16.7 Å². The lowest BCUT2D eigenvalue weighted by molar-refractivity contribution is 0.435. The van der Waals surface area contributed by atoms with Gasteiger partial charge in [-0.3, -0.25) is 4.79 Å². The lowest BCUT2D eigenvalue weighted by atomic mass is 9.96. The van der Waals surface area contributed by atoms with Crippen molar-refractivity contribution in [2.24, 2.45) is 5.92 Å². The van der Waals surface area contributed by atoms with E-state index in [4.69, 9.17) is 5.73 Å². The number of nitrogens with zero attached hydrogens (tertiary/aromatic N) is 2. The predicted octanol–water partition coefficient (Wildman–Crippen LogP) is 1.76. The topological polar surface area (TPSA) is 75.0 Å². The molecule has 100 valence electrons. The van der Waals surface area contributed by atoms with Gasteiger partial charge in [-0.1, -0.05) is 19.8 Å². The first kappa shape index (κ1) is 12.9. The number of anilines is 2. The van der Waals surface area contributed by atoms with E-state index in [1.54, 1.807) is 0 Å². The zero-order valence-corrected chi connectivity index (χ0v) is 11.0. The number of H-pyrrole nitrogens is 1. The summed E-state index contributed by atoms with van der Waals surface area (Å²) >= 11 is 0. The number of nitrogens with one attached hydrogen (secondary N) is 1. The van der Waals surface area contributed by atoms with Gasteiger partial charge < -0.3 is 15.6 Å². The lowest BCUT2D eigenvalue weighted by Crippen LogP contribution is -2.29. The molecule has 1 atom stereocenters. The molecule has 3 N–H and O–H groups in total. The van der Waals surface area contributed by atoms with E-state index in [0.29, 0.717) is 5.82 Å². The van der Waals surface area contributed by atoms with Gasteiger partial charge in [0.2, 0.25) is 0 Å². The standard InChI is InChI=1S/C13H22N4O/c1-2-4-10-5-3-7-17(8-6-10)12-11(14)13(18)16-9-15-12/h9-10H,2-8,14H2,1H3,(H,15,16,18). The minimum absolute atomic E-state index is 0.241. The van der Waals surface area contributed by atoms with E-state index in [2.05, 4.69) is 21.8 Å². The quantitative estimate of drug-likeness (QED) is 0.857. The minimum atomic E-state index is -0.241. The van der Waals surface area contributed by atoms with Gasteiger partial charge in [-0.25, -0.2) is 4.98 Å². The minimum Gasteiger partial charge on any atom is -0.391 e. The Hall–Kier alpha value is -1.52. The molecule has 1 aliphatic heterocycles. The van der Waals surface area contributed by atoms with Crippen LogP contribution in [0.5, 0.6) is 0 Å². The van der Waals surface area contributed by atoms with Gasteiger partial charge in [0, 0.05) is 13.1 Å². The van der Waals surface area contributed by atoms with Crippen LogP contribution in [0.25, 0.3) is 0 Å². The fraction of sp³-hybridized carbons (Fsp3) is 0.692. The summed E-state index contributed by atoms with van der Waals surface area (Å²) in [6.45, 7) is 4.13. The second kappa shape index (κ2) is 5.89. The van der Waals surface area contributed by atoms with Crippen molar-refractivity contribution in [2.75, 3.05) is 23.7 Å². The van der Waals surface area contributed by atoms with E-state index >= 15 is 0 Å². The van der Waals surface area contributed by atoms with Crippen molar-refractivity contribution in [1.82, 2.24) is 9.97 Å². The average molecular weight is 250 g/mol. The summed E-state index contributed by atoms with van der Waals surface area (Å²) < 4.78 is 0. The van der Waals surface area contributed by atoms with E-state index in [-0.39, 0.29) is 11.2 Å². The molecule has 18 heavy (non-hydrogen) atoms. The van der Waals surface area contributed by atoms with Crippen LogP contribution in [0.4, 0.5) is 11.5 Å². The van der Waals surface area contributed by atoms with Crippen molar-refractivity contribution in [1.29, 1.82) is 0 Å². The van der Waals surface area contributed by atoms with Crippen LogP contribution in [0.3, 0.4) is 0 Å². The number of aromatic amines is 1. The second-order valence-electron chi connectivity index (χ2n) is 5.04. The normalized spacial score (nSPS) is 20.7. The van der Waals surface area contributed by atoms with Gasteiger partial charge in [0.15, 0.2) is 5.82 Å². The second-order valence-corrected chi connectivity index (χ2v) is 5.04. The lowest BCUT2D eigenvalue weighted by Gasteiger charge is -2.22. The van der Waals surface area contributed by atoms with E-state index in [0.717, 1.165) is 25.4 Å². The number of rotatable bonds is 3. The summed E-state index contributed by atoms with van der Waals surface area (Å²) in [7, 11) is 0. The zero-order valence-electron chi connectivity index (χ0n) is 11.0. The first-order chi connectivity index (χ1) is 8.72. The smallest absolute Gasteiger partial charge is 0.276 e. The molecule has 5 heteroatoms. The molecule has 0 radical (unpaired) electrons. The average Bonchev–Trinajstić information content (AvgIpc) is 2.59. The molecule has 1 saturated heterocycles. The number of nitrogen functional groups attached to an aromatic ring is 1. The number of nitrogens with two attached hydrogens (primary N) is 1. The highest BCUT2D eigenvalue weighted by atomic mass is 16.1. The monoisotopic (exact) mass is 250 g/mol. The Morgan fingerprint density at radius 1 is 1.50 bits per heavy atom. The van der Waals surface area contributed by atoms with Crippen LogP contribution in [0.15, 0.2) is 11.1 Å². The first-order valence-electron chi connectivity index (χ1n) is 6.80. The van der Waals surface area contributed by atoms with Gasteiger partial charge in [-0.05, 0) is 25.2 Å². The Kier molecular flexibility index (Phi) is 4.23. The molecule has 1 aromatic rings. The Labute approximate surface area is 107 Å². The molecule has 0 bridgehead atoms. The zero-order chi connectivity index (χ0) is 13.0. The van der Waals surface area contributed by atoms with Gasteiger partial charge in [-0.2, -0.15) is 0 Å². The van der Waals surface area contributed by atoms with E-state index < -0.39 is 0 Å². The summed E-state index contributed by atoms with van der Waals surface area (Å²) in [6.07, 6.45) is 7.57. The van der Waals surface area contributed by atoms with Crippen molar-refractivity contribution in [3.63, 3.8) is 0 Å². The third kappa shape index (κ3) is 2.83. The highest BCUT2D eigenvalue weighted by Crippen LogP contribution is 2.25. The van der Waals surface area contributed by atoms with Crippen LogP contribution < -0.4 is 16.2 Å². The molecule has 1 fully saturated rings. The number of hydrogen-bond acceptors (Lipinski definition) is 4. The summed E-state index contributed by atoms with van der Waals surface area (Å²) in [5.41, 5.74) is 5.81. The summed E-state index contributed by atoms with van der Waals surface area (Å²) in [5.74, 6) is 1.46. The Morgan fingerprint density at radius 2 is 2.33 bits per heavy atom. The fourth-order valence-electron chi connectivity index (χ4n) is 2.73. The molecule has 0 amide bonds. The maximum Gasteiger partial charge on any atom is 0.276 e. The van der Waals surface area contributed by atoms with E-state index in [1.165, 1.54) is 32.0 Å². The Balaban J connectivity index is 2.10. The van der Waals surface area contributed by atoms with Crippen molar-refractivity contribution >= 4 is 11.5 Å². The number of hydrogen-bond donors (Lipinski definition) is 2. The van der Waals surface area contributed by atoms with Crippen LogP contribution in [0, 0.1) is 5.92 Å². The van der Waals surface area contributed by atoms with Gasteiger partial charge in [-0.15, -0.1) is 0 Å². The van der Waals surface area contributed by atoms with Crippen LogP contribution in [-0.2, 0) is 0 Å². The Bertz CT molecular complexity index is 443. The molecule has 1 aromatic heterocycles. The number of aromatic nitrogens is 2.